The van der Waals surface area contributed by atoms with Crippen molar-refractivity contribution in [3.63, 3.8) is 0 Å². The first-order valence-corrected chi connectivity index (χ1v) is 7.62. The minimum Gasteiger partial charge on any atom is -0.383 e. The number of aromatic nitrogens is 1. The molecule has 0 aliphatic rings. The second-order valence-electron chi connectivity index (χ2n) is 5.33. The van der Waals surface area contributed by atoms with Crippen LogP contribution in [0.5, 0.6) is 0 Å². The lowest BCUT2D eigenvalue weighted by molar-refractivity contribution is 0.0938. The Labute approximate surface area is 139 Å². The summed E-state index contributed by atoms with van der Waals surface area (Å²) in [6.45, 7) is 0.795. The van der Waals surface area contributed by atoms with E-state index in [9.17, 15) is 9.18 Å². The molecule has 0 aliphatic carbocycles. The van der Waals surface area contributed by atoms with E-state index in [1.54, 1.807) is 19.2 Å². The van der Waals surface area contributed by atoms with Gasteiger partial charge in [0, 0.05) is 24.6 Å². The lowest BCUT2D eigenvalue weighted by atomic mass is 10.0. The molecule has 5 heteroatoms. The van der Waals surface area contributed by atoms with Gasteiger partial charge in [0.2, 0.25) is 0 Å². The van der Waals surface area contributed by atoms with Gasteiger partial charge in [-0.05, 0) is 24.3 Å². The molecule has 3 aromatic rings. The molecular weight excluding hydrogens is 307 g/mol. The molecule has 0 saturated heterocycles. The molecule has 0 saturated carbocycles. The molecule has 0 aliphatic heterocycles. The number of nitrogens with one attached hydrogen (secondary N) is 1. The molecule has 0 unspecified atom stereocenters. The number of fused-ring (bicyclic) bond motifs is 1. The van der Waals surface area contributed by atoms with Gasteiger partial charge in [0.05, 0.1) is 23.4 Å². The Bertz CT molecular complexity index is 866. The number of hydrogen-bond donors (Lipinski definition) is 1. The largest absolute Gasteiger partial charge is 0.383 e. The van der Waals surface area contributed by atoms with Crippen LogP contribution in [0, 0.1) is 5.82 Å². The van der Waals surface area contributed by atoms with E-state index in [2.05, 4.69) is 10.3 Å². The monoisotopic (exact) mass is 324 g/mol. The van der Waals surface area contributed by atoms with Gasteiger partial charge < -0.3 is 10.1 Å². The predicted molar refractivity (Wildman–Crippen MR) is 91.3 cm³/mol. The summed E-state index contributed by atoms with van der Waals surface area (Å²) in [5.41, 5.74) is 2.55. The second-order valence-corrected chi connectivity index (χ2v) is 5.33. The van der Waals surface area contributed by atoms with Crippen molar-refractivity contribution in [2.24, 2.45) is 0 Å². The van der Waals surface area contributed by atoms with Crippen LogP contribution in [0.4, 0.5) is 4.39 Å². The van der Waals surface area contributed by atoms with Crippen LogP contribution in [0.2, 0.25) is 0 Å². The molecular formula is C19H17FN2O2. The van der Waals surface area contributed by atoms with Crippen molar-refractivity contribution in [2.75, 3.05) is 20.3 Å². The first-order chi connectivity index (χ1) is 11.7. The van der Waals surface area contributed by atoms with Crippen molar-refractivity contribution in [1.29, 1.82) is 0 Å². The van der Waals surface area contributed by atoms with Crippen LogP contribution in [-0.4, -0.2) is 31.2 Å². The third-order valence-electron chi connectivity index (χ3n) is 3.68. The van der Waals surface area contributed by atoms with Crippen molar-refractivity contribution >= 4 is 16.8 Å². The van der Waals surface area contributed by atoms with E-state index in [0.29, 0.717) is 35.3 Å². The second kappa shape index (κ2) is 7.19. The molecule has 24 heavy (non-hydrogen) atoms. The van der Waals surface area contributed by atoms with Crippen LogP contribution in [0.25, 0.3) is 22.2 Å². The standard InChI is InChI=1S/C19H17FN2O2/c1-24-10-9-21-19(23)16-12-18(13-5-3-2-4-6-13)22-17-8-7-14(20)11-15(16)17/h2-8,11-12H,9-10H2,1H3,(H,21,23). The summed E-state index contributed by atoms with van der Waals surface area (Å²) in [5, 5.41) is 3.27. The number of methoxy groups -OCH3 is 1. The molecule has 1 amide bonds. The summed E-state index contributed by atoms with van der Waals surface area (Å²) in [7, 11) is 1.57. The molecule has 1 aromatic heterocycles. The molecule has 0 bridgehead atoms. The highest BCUT2D eigenvalue weighted by Gasteiger charge is 2.14. The SMILES string of the molecule is COCCNC(=O)c1cc(-c2ccccc2)nc2ccc(F)cc12. The normalized spacial score (nSPS) is 10.8. The smallest absolute Gasteiger partial charge is 0.252 e. The summed E-state index contributed by atoms with van der Waals surface area (Å²) in [6, 6.07) is 15.5. The fraction of sp³-hybridized carbons (Fsp3) is 0.158. The zero-order valence-electron chi connectivity index (χ0n) is 13.3. The van der Waals surface area contributed by atoms with E-state index < -0.39 is 5.82 Å². The lowest BCUT2D eigenvalue weighted by Gasteiger charge is -2.10. The molecule has 1 N–H and O–H groups in total. The van der Waals surface area contributed by atoms with E-state index in [1.165, 1.54) is 12.1 Å². The summed E-state index contributed by atoms with van der Waals surface area (Å²) in [5.74, 6) is -0.676. The minimum absolute atomic E-state index is 0.276. The van der Waals surface area contributed by atoms with Crippen molar-refractivity contribution in [3.05, 3.63) is 66.0 Å². The van der Waals surface area contributed by atoms with Gasteiger partial charge >= 0.3 is 0 Å². The maximum Gasteiger partial charge on any atom is 0.252 e. The van der Waals surface area contributed by atoms with Crippen LogP contribution in [-0.2, 0) is 4.74 Å². The van der Waals surface area contributed by atoms with Crippen molar-refractivity contribution in [2.45, 2.75) is 0 Å². The zero-order valence-corrected chi connectivity index (χ0v) is 13.3. The Hall–Kier alpha value is -2.79. The molecule has 0 radical (unpaired) electrons. The topological polar surface area (TPSA) is 51.2 Å². The average molecular weight is 324 g/mol. The number of carbonyl (C=O) groups is 1. The molecule has 0 atom stereocenters. The van der Waals surface area contributed by atoms with Gasteiger partial charge in [-0.15, -0.1) is 0 Å². The van der Waals surface area contributed by atoms with Crippen LogP contribution >= 0.6 is 0 Å². The Morgan fingerprint density at radius 2 is 1.96 bits per heavy atom. The number of amides is 1. The highest BCUT2D eigenvalue weighted by Crippen LogP contribution is 2.25. The third-order valence-corrected chi connectivity index (χ3v) is 3.68. The highest BCUT2D eigenvalue weighted by molar-refractivity contribution is 6.07. The van der Waals surface area contributed by atoms with Crippen molar-refractivity contribution < 1.29 is 13.9 Å². The summed E-state index contributed by atoms with van der Waals surface area (Å²) in [6.07, 6.45) is 0. The molecule has 0 fully saturated rings. The predicted octanol–water partition coefficient (Wildman–Crippen LogP) is 3.42. The van der Waals surface area contributed by atoms with Crippen LogP contribution < -0.4 is 5.32 Å². The summed E-state index contributed by atoms with van der Waals surface area (Å²) < 4.78 is 18.6. The minimum atomic E-state index is -0.400. The van der Waals surface area contributed by atoms with Crippen molar-refractivity contribution in [3.8, 4) is 11.3 Å². The Balaban J connectivity index is 2.10. The molecule has 3 rings (SSSR count). The van der Waals surface area contributed by atoms with Crippen LogP contribution in [0.3, 0.4) is 0 Å². The molecule has 1 heterocycles. The first-order valence-electron chi connectivity index (χ1n) is 7.62. The number of halogens is 1. The molecule has 0 spiro atoms. The number of pyridine rings is 1. The number of ether oxygens (including phenoxy) is 1. The van der Waals surface area contributed by atoms with Crippen LogP contribution in [0.1, 0.15) is 10.4 Å². The fourth-order valence-electron chi connectivity index (χ4n) is 2.50. The molecule has 122 valence electrons. The first kappa shape index (κ1) is 16.1. The van der Waals surface area contributed by atoms with Gasteiger partial charge in [0.15, 0.2) is 0 Å². The van der Waals surface area contributed by atoms with Crippen molar-refractivity contribution in [1.82, 2.24) is 10.3 Å². The van der Waals surface area contributed by atoms with Gasteiger partial charge in [0.1, 0.15) is 5.82 Å². The van der Waals surface area contributed by atoms with Gasteiger partial charge in [-0.2, -0.15) is 0 Å². The Morgan fingerprint density at radius 1 is 1.17 bits per heavy atom. The Morgan fingerprint density at radius 3 is 2.71 bits per heavy atom. The quantitative estimate of drug-likeness (QED) is 0.732. The van der Waals surface area contributed by atoms with E-state index in [4.69, 9.17) is 4.74 Å². The van der Waals surface area contributed by atoms with Gasteiger partial charge in [0.25, 0.3) is 5.91 Å². The Kier molecular flexibility index (Phi) is 4.82. The summed E-state index contributed by atoms with van der Waals surface area (Å²) >= 11 is 0. The number of hydrogen-bond acceptors (Lipinski definition) is 3. The van der Waals surface area contributed by atoms with E-state index in [1.807, 2.05) is 30.3 Å². The zero-order chi connectivity index (χ0) is 16.9. The van der Waals surface area contributed by atoms with E-state index >= 15 is 0 Å². The number of nitrogens with zero attached hydrogens (tertiary/aromatic N) is 1. The number of benzene rings is 2. The maximum absolute atomic E-state index is 13.6. The molecule has 4 nitrogen and oxygen atoms in total. The van der Waals surface area contributed by atoms with E-state index in [0.717, 1.165) is 5.56 Å². The highest BCUT2D eigenvalue weighted by atomic mass is 19.1. The third kappa shape index (κ3) is 3.41. The van der Waals surface area contributed by atoms with E-state index in [-0.39, 0.29) is 5.91 Å². The van der Waals surface area contributed by atoms with Gasteiger partial charge in [-0.1, -0.05) is 30.3 Å². The summed E-state index contributed by atoms with van der Waals surface area (Å²) in [4.78, 5) is 17.1. The average Bonchev–Trinajstić information content (AvgIpc) is 2.61. The fourth-order valence-corrected chi connectivity index (χ4v) is 2.50. The van der Waals surface area contributed by atoms with Crippen LogP contribution in [0.15, 0.2) is 54.6 Å². The number of carbonyl (C=O) groups excluding carboxylic acids is 1. The number of rotatable bonds is 5. The van der Waals surface area contributed by atoms with Gasteiger partial charge in [-0.3, -0.25) is 4.79 Å². The molecule has 2 aromatic carbocycles. The maximum atomic E-state index is 13.6. The van der Waals surface area contributed by atoms with Gasteiger partial charge in [-0.25, -0.2) is 9.37 Å². The lowest BCUT2D eigenvalue weighted by Crippen LogP contribution is -2.27.